The third kappa shape index (κ3) is 7.03. The average molecular weight is 308 g/mol. The van der Waals surface area contributed by atoms with Gasteiger partial charge in [-0.3, -0.25) is 4.99 Å². The molecule has 0 bridgehead atoms. The summed E-state index contributed by atoms with van der Waals surface area (Å²) >= 11 is 1.99. The summed E-state index contributed by atoms with van der Waals surface area (Å²) in [6.07, 6.45) is 2.55. The summed E-state index contributed by atoms with van der Waals surface area (Å²) in [4.78, 5) is 4.11. The van der Waals surface area contributed by atoms with E-state index in [0.29, 0.717) is 18.3 Å². The van der Waals surface area contributed by atoms with Crippen molar-refractivity contribution < 1.29 is 8.42 Å². The van der Waals surface area contributed by atoms with Gasteiger partial charge >= 0.3 is 0 Å². The van der Waals surface area contributed by atoms with Crippen molar-refractivity contribution >= 4 is 27.7 Å². The molecular weight excluding hydrogens is 284 g/mol. The van der Waals surface area contributed by atoms with Crippen molar-refractivity contribution in [2.24, 2.45) is 4.99 Å². The van der Waals surface area contributed by atoms with Crippen LogP contribution in [0.3, 0.4) is 0 Å². The number of nitrogens with one attached hydrogen (secondary N) is 3. The standard InChI is InChI=1S/C11H24N4O2S2/c1-3-19(16,17)15-7-6-13-11(12-2)14-9-10-5-4-8-18-10/h10,15H,3-9H2,1-2H3,(H2,12,13,14). The Bertz CT molecular complexity index is 378. The number of thioether (sulfide) groups is 1. The lowest BCUT2D eigenvalue weighted by Gasteiger charge is -2.14. The Balaban J connectivity index is 2.15. The van der Waals surface area contributed by atoms with E-state index in [-0.39, 0.29) is 5.75 Å². The molecule has 1 atom stereocenters. The second kappa shape index (κ2) is 8.65. The highest BCUT2D eigenvalue weighted by molar-refractivity contribution is 8.00. The first kappa shape index (κ1) is 16.6. The molecule has 0 saturated carbocycles. The van der Waals surface area contributed by atoms with Gasteiger partial charge in [0, 0.05) is 31.9 Å². The van der Waals surface area contributed by atoms with Crippen molar-refractivity contribution in [3.05, 3.63) is 0 Å². The van der Waals surface area contributed by atoms with Gasteiger partial charge in [-0.1, -0.05) is 0 Å². The molecule has 0 aromatic carbocycles. The number of guanidine groups is 1. The quantitative estimate of drug-likeness (QED) is 0.350. The lowest BCUT2D eigenvalue weighted by Crippen LogP contribution is -2.43. The van der Waals surface area contributed by atoms with E-state index in [1.54, 1.807) is 14.0 Å². The first-order valence-corrected chi connectivity index (χ1v) is 9.31. The van der Waals surface area contributed by atoms with Crippen molar-refractivity contribution in [2.45, 2.75) is 25.0 Å². The van der Waals surface area contributed by atoms with E-state index in [4.69, 9.17) is 0 Å². The van der Waals surface area contributed by atoms with E-state index in [0.717, 1.165) is 12.5 Å². The van der Waals surface area contributed by atoms with Crippen molar-refractivity contribution in [3.8, 4) is 0 Å². The molecule has 19 heavy (non-hydrogen) atoms. The molecule has 1 saturated heterocycles. The van der Waals surface area contributed by atoms with Gasteiger partial charge in [-0.25, -0.2) is 13.1 Å². The van der Waals surface area contributed by atoms with Gasteiger partial charge in [-0.15, -0.1) is 0 Å². The summed E-state index contributed by atoms with van der Waals surface area (Å²) in [5, 5.41) is 7.02. The fourth-order valence-electron chi connectivity index (χ4n) is 1.73. The molecule has 1 unspecified atom stereocenters. The van der Waals surface area contributed by atoms with Crippen LogP contribution in [-0.4, -0.2) is 57.8 Å². The molecule has 0 amide bonds. The molecule has 0 radical (unpaired) electrons. The maximum atomic E-state index is 11.2. The van der Waals surface area contributed by atoms with Crippen molar-refractivity contribution in [3.63, 3.8) is 0 Å². The molecule has 3 N–H and O–H groups in total. The highest BCUT2D eigenvalue weighted by atomic mass is 32.2. The first-order chi connectivity index (χ1) is 9.07. The number of nitrogens with zero attached hydrogens (tertiary/aromatic N) is 1. The zero-order chi connectivity index (χ0) is 14.1. The minimum atomic E-state index is -3.10. The Morgan fingerprint density at radius 3 is 2.74 bits per heavy atom. The summed E-state index contributed by atoms with van der Waals surface area (Å²) in [5.74, 6) is 2.08. The van der Waals surface area contributed by atoms with Crippen LogP contribution in [0.5, 0.6) is 0 Å². The van der Waals surface area contributed by atoms with Crippen LogP contribution in [-0.2, 0) is 10.0 Å². The minimum absolute atomic E-state index is 0.110. The Morgan fingerprint density at radius 2 is 2.16 bits per heavy atom. The van der Waals surface area contributed by atoms with E-state index in [1.807, 2.05) is 11.8 Å². The SMILES string of the molecule is CCS(=O)(=O)NCCNC(=NC)NCC1CCCS1. The molecule has 8 heteroatoms. The Morgan fingerprint density at radius 1 is 1.37 bits per heavy atom. The van der Waals surface area contributed by atoms with Crippen LogP contribution in [0.4, 0.5) is 0 Å². The third-order valence-electron chi connectivity index (χ3n) is 2.86. The highest BCUT2D eigenvalue weighted by Gasteiger charge is 2.15. The largest absolute Gasteiger partial charge is 0.355 e. The summed E-state index contributed by atoms with van der Waals surface area (Å²) in [6, 6.07) is 0. The number of sulfonamides is 1. The number of hydrogen-bond donors (Lipinski definition) is 3. The molecule has 1 aliphatic rings. The van der Waals surface area contributed by atoms with Gasteiger partial charge in [0.05, 0.1) is 5.75 Å². The summed E-state index contributed by atoms with van der Waals surface area (Å²) in [5.41, 5.74) is 0. The average Bonchev–Trinajstić information content (AvgIpc) is 2.91. The van der Waals surface area contributed by atoms with E-state index in [1.165, 1.54) is 18.6 Å². The molecule has 0 aromatic rings. The number of aliphatic imine (C=N–C) groups is 1. The van der Waals surface area contributed by atoms with Crippen LogP contribution >= 0.6 is 11.8 Å². The van der Waals surface area contributed by atoms with Crippen LogP contribution < -0.4 is 15.4 Å². The predicted octanol–water partition coefficient (Wildman–Crippen LogP) is -0.0137. The molecule has 112 valence electrons. The Hall–Kier alpha value is -0.470. The Labute approximate surface area is 120 Å². The molecule has 0 spiro atoms. The highest BCUT2D eigenvalue weighted by Crippen LogP contribution is 2.25. The fourth-order valence-corrected chi connectivity index (χ4v) is 3.54. The van der Waals surface area contributed by atoms with Crippen LogP contribution in [0.15, 0.2) is 4.99 Å². The van der Waals surface area contributed by atoms with Gasteiger partial charge in [0.15, 0.2) is 5.96 Å². The van der Waals surface area contributed by atoms with Gasteiger partial charge in [0.1, 0.15) is 0 Å². The van der Waals surface area contributed by atoms with Crippen LogP contribution in [0.1, 0.15) is 19.8 Å². The maximum absolute atomic E-state index is 11.2. The molecule has 1 aliphatic heterocycles. The lowest BCUT2D eigenvalue weighted by atomic mass is 10.2. The van der Waals surface area contributed by atoms with Crippen LogP contribution in [0, 0.1) is 0 Å². The maximum Gasteiger partial charge on any atom is 0.211 e. The van der Waals surface area contributed by atoms with Crippen LogP contribution in [0.2, 0.25) is 0 Å². The zero-order valence-electron chi connectivity index (χ0n) is 11.6. The van der Waals surface area contributed by atoms with Crippen LogP contribution in [0.25, 0.3) is 0 Å². The van der Waals surface area contributed by atoms with Gasteiger partial charge in [-0.05, 0) is 25.5 Å². The van der Waals surface area contributed by atoms with Gasteiger partial charge in [0.25, 0.3) is 0 Å². The normalized spacial score (nSPS) is 20.5. The van der Waals surface area contributed by atoms with E-state index >= 15 is 0 Å². The Kier molecular flexibility index (Phi) is 7.55. The number of rotatable bonds is 7. The monoisotopic (exact) mass is 308 g/mol. The first-order valence-electron chi connectivity index (χ1n) is 6.61. The molecule has 1 heterocycles. The molecule has 1 fully saturated rings. The van der Waals surface area contributed by atoms with Gasteiger partial charge in [-0.2, -0.15) is 11.8 Å². The third-order valence-corrected chi connectivity index (χ3v) is 5.67. The van der Waals surface area contributed by atoms with Crippen molar-refractivity contribution in [1.29, 1.82) is 0 Å². The molecule has 0 aliphatic carbocycles. The zero-order valence-corrected chi connectivity index (χ0v) is 13.2. The van der Waals surface area contributed by atoms with Crippen molar-refractivity contribution in [1.82, 2.24) is 15.4 Å². The molecule has 1 rings (SSSR count). The molecular formula is C11H24N4O2S2. The summed E-state index contributed by atoms with van der Waals surface area (Å²) in [6.45, 7) is 3.42. The van der Waals surface area contributed by atoms with Crippen molar-refractivity contribution in [2.75, 3.05) is 38.2 Å². The molecule has 0 aromatic heterocycles. The summed E-state index contributed by atoms with van der Waals surface area (Å²) < 4.78 is 25.0. The minimum Gasteiger partial charge on any atom is -0.355 e. The second-order valence-electron chi connectivity index (χ2n) is 4.31. The second-order valence-corrected chi connectivity index (χ2v) is 7.82. The number of hydrogen-bond acceptors (Lipinski definition) is 4. The van der Waals surface area contributed by atoms with E-state index < -0.39 is 10.0 Å². The predicted molar refractivity (Wildman–Crippen MR) is 82.3 cm³/mol. The van der Waals surface area contributed by atoms with Gasteiger partial charge in [0.2, 0.25) is 10.0 Å². The van der Waals surface area contributed by atoms with E-state index in [2.05, 4.69) is 20.3 Å². The fraction of sp³-hybridized carbons (Fsp3) is 0.909. The van der Waals surface area contributed by atoms with Gasteiger partial charge < -0.3 is 10.6 Å². The topological polar surface area (TPSA) is 82.6 Å². The van der Waals surface area contributed by atoms with E-state index in [9.17, 15) is 8.42 Å². The summed E-state index contributed by atoms with van der Waals surface area (Å²) in [7, 11) is -1.39. The molecule has 6 nitrogen and oxygen atoms in total. The lowest BCUT2D eigenvalue weighted by molar-refractivity contribution is 0.581. The smallest absolute Gasteiger partial charge is 0.211 e.